The highest BCUT2D eigenvalue weighted by molar-refractivity contribution is 5.82. The molecule has 0 fully saturated rings. The minimum Gasteiger partial charge on any atom is -0.508 e. The summed E-state index contributed by atoms with van der Waals surface area (Å²) in [6.07, 6.45) is 2.93. The number of carbonyl (C=O) groups is 1. The third kappa shape index (κ3) is 4.59. The molecule has 0 spiro atoms. The largest absolute Gasteiger partial charge is 0.508 e. The number of aromatic hydroxyl groups is 1. The van der Waals surface area contributed by atoms with Crippen molar-refractivity contribution in [1.29, 1.82) is 0 Å². The lowest BCUT2D eigenvalue weighted by Crippen LogP contribution is -2.45. The number of benzene rings is 1. The summed E-state index contributed by atoms with van der Waals surface area (Å²) < 4.78 is 0. The number of carbonyl (C=O) groups excluding carboxylic acids is 1. The normalized spacial score (nSPS) is 13.7. The first kappa shape index (κ1) is 14.3. The number of nitrogens with one attached hydrogen (secondary N) is 1. The number of phenols is 1. The summed E-state index contributed by atoms with van der Waals surface area (Å²) in [5, 5.41) is 12.0. The SMILES string of the molecule is C=CCC(C)NC(=O)[C@H](N)Cc1ccc(O)cc1. The van der Waals surface area contributed by atoms with Crippen molar-refractivity contribution in [2.45, 2.75) is 31.8 Å². The van der Waals surface area contributed by atoms with Crippen molar-refractivity contribution in [2.75, 3.05) is 0 Å². The number of hydrogen-bond donors (Lipinski definition) is 3. The predicted octanol–water partition coefficient (Wildman–Crippen LogP) is 1.34. The third-order valence-electron chi connectivity index (χ3n) is 2.64. The van der Waals surface area contributed by atoms with Crippen LogP contribution in [-0.2, 0) is 11.2 Å². The monoisotopic (exact) mass is 248 g/mol. The van der Waals surface area contributed by atoms with Gasteiger partial charge in [0.05, 0.1) is 6.04 Å². The van der Waals surface area contributed by atoms with Crippen LogP contribution in [0.15, 0.2) is 36.9 Å². The highest BCUT2D eigenvalue weighted by Gasteiger charge is 2.15. The van der Waals surface area contributed by atoms with Gasteiger partial charge in [0.15, 0.2) is 0 Å². The first-order valence-corrected chi connectivity index (χ1v) is 5.97. The maximum Gasteiger partial charge on any atom is 0.237 e. The van der Waals surface area contributed by atoms with E-state index in [9.17, 15) is 4.79 Å². The zero-order valence-corrected chi connectivity index (χ0v) is 10.6. The van der Waals surface area contributed by atoms with Crippen LogP contribution in [0, 0.1) is 0 Å². The zero-order valence-electron chi connectivity index (χ0n) is 10.6. The molecule has 1 rings (SSSR count). The summed E-state index contributed by atoms with van der Waals surface area (Å²) >= 11 is 0. The van der Waals surface area contributed by atoms with E-state index in [1.807, 2.05) is 6.92 Å². The summed E-state index contributed by atoms with van der Waals surface area (Å²) in [4.78, 5) is 11.8. The second kappa shape index (κ2) is 6.81. The van der Waals surface area contributed by atoms with Crippen LogP contribution in [0.4, 0.5) is 0 Å². The van der Waals surface area contributed by atoms with Crippen molar-refractivity contribution in [1.82, 2.24) is 5.32 Å². The van der Waals surface area contributed by atoms with Gasteiger partial charge in [-0.05, 0) is 37.5 Å². The van der Waals surface area contributed by atoms with Crippen LogP contribution in [0.5, 0.6) is 5.75 Å². The number of phenolic OH excluding ortho intramolecular Hbond substituents is 1. The molecular formula is C14H20N2O2. The van der Waals surface area contributed by atoms with Crippen molar-refractivity contribution < 1.29 is 9.90 Å². The molecule has 0 bridgehead atoms. The van der Waals surface area contributed by atoms with Crippen LogP contribution >= 0.6 is 0 Å². The van der Waals surface area contributed by atoms with Crippen LogP contribution in [0.25, 0.3) is 0 Å². The molecule has 0 radical (unpaired) electrons. The maximum absolute atomic E-state index is 11.8. The van der Waals surface area contributed by atoms with Gasteiger partial charge in [-0.1, -0.05) is 18.2 Å². The van der Waals surface area contributed by atoms with Crippen LogP contribution in [-0.4, -0.2) is 23.1 Å². The molecule has 1 unspecified atom stereocenters. The van der Waals surface area contributed by atoms with E-state index in [-0.39, 0.29) is 17.7 Å². The standard InChI is InChI=1S/C14H20N2O2/c1-3-4-10(2)16-14(18)13(15)9-11-5-7-12(17)8-6-11/h3,5-8,10,13,17H,1,4,9,15H2,2H3,(H,16,18)/t10?,13-/m1/s1. The first-order chi connectivity index (χ1) is 8.52. The van der Waals surface area contributed by atoms with Gasteiger partial charge in [0.25, 0.3) is 0 Å². The summed E-state index contributed by atoms with van der Waals surface area (Å²) in [6.45, 7) is 5.53. The molecule has 2 atom stereocenters. The fourth-order valence-corrected chi connectivity index (χ4v) is 1.64. The Morgan fingerprint density at radius 1 is 1.50 bits per heavy atom. The van der Waals surface area contributed by atoms with Crippen molar-refractivity contribution in [3.63, 3.8) is 0 Å². The lowest BCUT2D eigenvalue weighted by atomic mass is 10.1. The minimum absolute atomic E-state index is 0.0425. The lowest BCUT2D eigenvalue weighted by molar-refractivity contribution is -0.122. The Kier molecular flexibility index (Phi) is 5.39. The Hall–Kier alpha value is -1.81. The van der Waals surface area contributed by atoms with Crippen LogP contribution in [0.1, 0.15) is 18.9 Å². The Labute approximate surface area is 108 Å². The van der Waals surface area contributed by atoms with Gasteiger partial charge >= 0.3 is 0 Å². The molecule has 0 aliphatic heterocycles. The second-order valence-corrected chi connectivity index (χ2v) is 4.41. The van der Waals surface area contributed by atoms with Crippen molar-refractivity contribution >= 4 is 5.91 Å². The molecule has 1 aromatic carbocycles. The average Bonchev–Trinajstić information content (AvgIpc) is 2.32. The van der Waals surface area contributed by atoms with E-state index >= 15 is 0 Å². The van der Waals surface area contributed by atoms with Gasteiger partial charge in [-0.15, -0.1) is 6.58 Å². The van der Waals surface area contributed by atoms with E-state index in [1.54, 1.807) is 30.3 Å². The lowest BCUT2D eigenvalue weighted by Gasteiger charge is -2.16. The van der Waals surface area contributed by atoms with Crippen molar-refractivity contribution in [3.8, 4) is 5.75 Å². The molecule has 18 heavy (non-hydrogen) atoms. The Morgan fingerprint density at radius 3 is 2.67 bits per heavy atom. The molecule has 0 aliphatic rings. The van der Waals surface area contributed by atoms with Gasteiger partial charge < -0.3 is 16.2 Å². The van der Waals surface area contributed by atoms with Crippen LogP contribution in [0.3, 0.4) is 0 Å². The Morgan fingerprint density at radius 2 is 2.11 bits per heavy atom. The molecule has 1 aromatic rings. The van der Waals surface area contributed by atoms with Gasteiger partial charge in [0, 0.05) is 6.04 Å². The molecule has 0 aromatic heterocycles. The number of hydrogen-bond acceptors (Lipinski definition) is 3. The van der Waals surface area contributed by atoms with Gasteiger partial charge in [-0.25, -0.2) is 0 Å². The number of rotatable bonds is 6. The van der Waals surface area contributed by atoms with E-state index in [4.69, 9.17) is 10.8 Å². The molecule has 0 heterocycles. The van der Waals surface area contributed by atoms with E-state index in [0.29, 0.717) is 6.42 Å². The fraction of sp³-hybridized carbons (Fsp3) is 0.357. The van der Waals surface area contributed by atoms with Gasteiger partial charge in [0.2, 0.25) is 5.91 Å². The van der Waals surface area contributed by atoms with E-state index in [1.165, 1.54) is 0 Å². The first-order valence-electron chi connectivity index (χ1n) is 5.97. The van der Waals surface area contributed by atoms with Gasteiger partial charge in [-0.2, -0.15) is 0 Å². The zero-order chi connectivity index (χ0) is 13.5. The number of nitrogens with two attached hydrogens (primary N) is 1. The van der Waals surface area contributed by atoms with E-state index < -0.39 is 6.04 Å². The predicted molar refractivity (Wildman–Crippen MR) is 72.2 cm³/mol. The van der Waals surface area contributed by atoms with Crippen LogP contribution in [0.2, 0.25) is 0 Å². The molecule has 98 valence electrons. The van der Waals surface area contributed by atoms with Crippen molar-refractivity contribution in [3.05, 3.63) is 42.5 Å². The van der Waals surface area contributed by atoms with Gasteiger partial charge in [-0.3, -0.25) is 4.79 Å². The number of amides is 1. The van der Waals surface area contributed by atoms with Crippen molar-refractivity contribution in [2.24, 2.45) is 5.73 Å². The summed E-state index contributed by atoms with van der Waals surface area (Å²) in [6, 6.07) is 6.15. The Bertz CT molecular complexity index is 401. The summed E-state index contributed by atoms with van der Waals surface area (Å²) in [7, 11) is 0. The molecule has 0 saturated heterocycles. The molecule has 1 amide bonds. The minimum atomic E-state index is -0.582. The fourth-order valence-electron chi connectivity index (χ4n) is 1.64. The highest BCUT2D eigenvalue weighted by Crippen LogP contribution is 2.10. The Balaban J connectivity index is 2.49. The maximum atomic E-state index is 11.8. The second-order valence-electron chi connectivity index (χ2n) is 4.41. The molecular weight excluding hydrogens is 228 g/mol. The molecule has 4 N–H and O–H groups in total. The van der Waals surface area contributed by atoms with Crippen LogP contribution < -0.4 is 11.1 Å². The smallest absolute Gasteiger partial charge is 0.237 e. The van der Waals surface area contributed by atoms with E-state index in [0.717, 1.165) is 12.0 Å². The molecule has 0 saturated carbocycles. The third-order valence-corrected chi connectivity index (χ3v) is 2.64. The van der Waals surface area contributed by atoms with E-state index in [2.05, 4.69) is 11.9 Å². The highest BCUT2D eigenvalue weighted by atomic mass is 16.3. The molecule has 0 aliphatic carbocycles. The van der Waals surface area contributed by atoms with Gasteiger partial charge in [0.1, 0.15) is 5.75 Å². The topological polar surface area (TPSA) is 75.4 Å². The quantitative estimate of drug-likeness (QED) is 0.665. The molecule has 4 heteroatoms. The molecule has 4 nitrogen and oxygen atoms in total. The summed E-state index contributed by atoms with van der Waals surface area (Å²) in [5.74, 6) is 0.0359. The summed E-state index contributed by atoms with van der Waals surface area (Å²) in [5.41, 5.74) is 6.75. The average molecular weight is 248 g/mol.